The molecule has 1 rings (SSSR count). The van der Waals surface area contributed by atoms with E-state index in [1.807, 2.05) is 0 Å². The maximum Gasteiger partial charge on any atom is 0.275 e. The van der Waals surface area contributed by atoms with E-state index in [1.54, 1.807) is 0 Å². The maximum atomic E-state index is 12.6. The molecule has 0 aromatic carbocycles. The summed E-state index contributed by atoms with van der Waals surface area (Å²) in [6, 6.07) is 0. The lowest BCUT2D eigenvalue weighted by Gasteiger charge is -2.29. The predicted molar refractivity (Wildman–Crippen MR) is 31.0 cm³/mol. The van der Waals surface area contributed by atoms with Crippen molar-refractivity contribution in [3.63, 3.8) is 0 Å². The van der Waals surface area contributed by atoms with E-state index < -0.39 is 25.1 Å². The lowest BCUT2D eigenvalue weighted by Crippen LogP contribution is -2.40. The summed E-state index contributed by atoms with van der Waals surface area (Å²) in [7, 11) is 0. The van der Waals surface area contributed by atoms with Gasteiger partial charge in [-0.3, -0.25) is 0 Å². The Morgan fingerprint density at radius 2 is 2.30 bits per heavy atom. The van der Waals surface area contributed by atoms with Crippen molar-refractivity contribution in [3.8, 4) is 0 Å². The number of hydrogen-bond donors (Lipinski definition) is 1. The number of halogens is 2. The van der Waals surface area contributed by atoms with Crippen molar-refractivity contribution >= 4 is 0 Å². The first-order chi connectivity index (χ1) is 4.67. The van der Waals surface area contributed by atoms with Gasteiger partial charge >= 0.3 is 0 Å². The Morgan fingerprint density at radius 3 is 2.70 bits per heavy atom. The fourth-order valence-electron chi connectivity index (χ4n) is 0.988. The minimum atomic E-state index is -2.83. The Labute approximate surface area is 57.8 Å². The molecule has 1 saturated heterocycles. The first-order valence-electron chi connectivity index (χ1n) is 3.23. The molecule has 60 valence electrons. The van der Waals surface area contributed by atoms with Crippen LogP contribution in [0.5, 0.6) is 0 Å². The highest BCUT2D eigenvalue weighted by Gasteiger charge is 2.41. The highest BCUT2D eigenvalue weighted by atomic mass is 19.3. The van der Waals surface area contributed by atoms with Gasteiger partial charge in [0, 0.05) is 6.61 Å². The van der Waals surface area contributed by atoms with Gasteiger partial charge in [0.05, 0.1) is 12.5 Å². The number of aliphatic hydroxyl groups excluding tert-OH is 1. The van der Waals surface area contributed by atoms with Crippen LogP contribution in [0, 0.1) is 5.92 Å². The van der Waals surface area contributed by atoms with Crippen LogP contribution >= 0.6 is 0 Å². The standard InChI is InChI=1S/C6H10F2O2/c7-6(8)4-10-2-1-5(6)3-9/h5,9H,1-4H2. The van der Waals surface area contributed by atoms with Gasteiger partial charge in [-0.1, -0.05) is 0 Å². The fraction of sp³-hybridized carbons (Fsp3) is 1.00. The van der Waals surface area contributed by atoms with Crippen LogP contribution in [0.3, 0.4) is 0 Å². The van der Waals surface area contributed by atoms with Gasteiger partial charge in [0.25, 0.3) is 5.92 Å². The quantitative estimate of drug-likeness (QED) is 0.597. The summed E-state index contributed by atoms with van der Waals surface area (Å²) < 4.78 is 29.7. The number of ether oxygens (including phenoxy) is 1. The molecule has 0 saturated carbocycles. The van der Waals surface area contributed by atoms with Crippen molar-refractivity contribution in [3.05, 3.63) is 0 Å². The summed E-state index contributed by atoms with van der Waals surface area (Å²) in [5.41, 5.74) is 0. The van der Waals surface area contributed by atoms with Crippen molar-refractivity contribution in [2.75, 3.05) is 19.8 Å². The lowest BCUT2D eigenvalue weighted by atomic mass is 9.98. The zero-order chi connectivity index (χ0) is 7.61. The van der Waals surface area contributed by atoms with Gasteiger partial charge in [0.2, 0.25) is 0 Å². The van der Waals surface area contributed by atoms with E-state index in [0.29, 0.717) is 6.61 Å². The molecule has 1 aliphatic rings. The molecular formula is C6H10F2O2. The van der Waals surface area contributed by atoms with Gasteiger partial charge in [-0.05, 0) is 6.42 Å². The van der Waals surface area contributed by atoms with Gasteiger partial charge in [-0.15, -0.1) is 0 Å². The number of alkyl halides is 2. The van der Waals surface area contributed by atoms with Crippen molar-refractivity contribution in [2.45, 2.75) is 12.3 Å². The van der Waals surface area contributed by atoms with E-state index in [9.17, 15) is 8.78 Å². The molecule has 1 atom stereocenters. The third-order valence-electron chi connectivity index (χ3n) is 1.72. The second-order valence-electron chi connectivity index (χ2n) is 2.48. The summed E-state index contributed by atoms with van der Waals surface area (Å²) in [6.07, 6.45) is 0.253. The number of hydrogen-bond acceptors (Lipinski definition) is 2. The molecule has 1 unspecified atom stereocenters. The Balaban J connectivity index is 2.51. The molecule has 0 spiro atoms. The van der Waals surface area contributed by atoms with Gasteiger partial charge in [-0.25, -0.2) is 8.78 Å². The maximum absolute atomic E-state index is 12.6. The molecule has 0 bridgehead atoms. The van der Waals surface area contributed by atoms with E-state index in [-0.39, 0.29) is 6.42 Å². The molecule has 2 nitrogen and oxygen atoms in total. The van der Waals surface area contributed by atoms with Crippen LogP contribution in [0.4, 0.5) is 8.78 Å². The second-order valence-corrected chi connectivity index (χ2v) is 2.48. The van der Waals surface area contributed by atoms with E-state index >= 15 is 0 Å². The monoisotopic (exact) mass is 152 g/mol. The number of aliphatic hydroxyl groups is 1. The van der Waals surface area contributed by atoms with Gasteiger partial charge < -0.3 is 9.84 Å². The van der Waals surface area contributed by atoms with Crippen LogP contribution in [0.25, 0.3) is 0 Å². The average molecular weight is 152 g/mol. The van der Waals surface area contributed by atoms with Crippen LogP contribution in [-0.2, 0) is 4.74 Å². The van der Waals surface area contributed by atoms with Crippen LogP contribution in [0.2, 0.25) is 0 Å². The molecule has 0 amide bonds. The van der Waals surface area contributed by atoms with Crippen LogP contribution < -0.4 is 0 Å². The highest BCUT2D eigenvalue weighted by Crippen LogP contribution is 2.30. The first-order valence-corrected chi connectivity index (χ1v) is 3.23. The summed E-state index contributed by atoms with van der Waals surface area (Å²) in [5.74, 6) is -3.73. The van der Waals surface area contributed by atoms with Crippen LogP contribution in [0.15, 0.2) is 0 Å². The van der Waals surface area contributed by atoms with Crippen molar-refractivity contribution in [1.82, 2.24) is 0 Å². The first kappa shape index (κ1) is 7.88. The molecule has 1 N–H and O–H groups in total. The molecule has 1 fully saturated rings. The highest BCUT2D eigenvalue weighted by molar-refractivity contribution is 4.79. The summed E-state index contributed by atoms with van der Waals surface area (Å²) in [6.45, 7) is -0.657. The minimum Gasteiger partial charge on any atom is -0.396 e. The molecule has 4 heteroatoms. The summed E-state index contributed by atoms with van der Waals surface area (Å²) in [4.78, 5) is 0. The van der Waals surface area contributed by atoms with Gasteiger partial charge in [-0.2, -0.15) is 0 Å². The number of rotatable bonds is 1. The molecule has 10 heavy (non-hydrogen) atoms. The summed E-state index contributed by atoms with van der Waals surface area (Å²) in [5, 5.41) is 8.49. The van der Waals surface area contributed by atoms with Crippen molar-refractivity contribution in [2.24, 2.45) is 5.92 Å². The third kappa shape index (κ3) is 1.44. The minimum absolute atomic E-state index is 0.253. The summed E-state index contributed by atoms with van der Waals surface area (Å²) >= 11 is 0. The average Bonchev–Trinajstić information content (AvgIpc) is 1.87. The zero-order valence-corrected chi connectivity index (χ0v) is 5.52. The lowest BCUT2D eigenvalue weighted by molar-refractivity contribution is -0.164. The Morgan fingerprint density at radius 1 is 1.60 bits per heavy atom. The van der Waals surface area contributed by atoms with Crippen LogP contribution in [-0.4, -0.2) is 30.8 Å². The molecule has 0 aromatic heterocycles. The van der Waals surface area contributed by atoms with Gasteiger partial charge in [0.1, 0.15) is 6.61 Å². The topological polar surface area (TPSA) is 29.5 Å². The molecule has 0 radical (unpaired) electrons. The fourth-order valence-corrected chi connectivity index (χ4v) is 0.988. The van der Waals surface area contributed by atoms with E-state index in [4.69, 9.17) is 5.11 Å². The van der Waals surface area contributed by atoms with E-state index in [0.717, 1.165) is 0 Å². The molecule has 0 aromatic rings. The largest absolute Gasteiger partial charge is 0.396 e. The Kier molecular flexibility index (Phi) is 2.21. The SMILES string of the molecule is OCC1CCOCC1(F)F. The van der Waals surface area contributed by atoms with E-state index in [2.05, 4.69) is 4.74 Å². The van der Waals surface area contributed by atoms with E-state index in [1.165, 1.54) is 0 Å². The van der Waals surface area contributed by atoms with Crippen LogP contribution in [0.1, 0.15) is 6.42 Å². The normalized spacial score (nSPS) is 32.1. The zero-order valence-electron chi connectivity index (χ0n) is 5.52. The third-order valence-corrected chi connectivity index (χ3v) is 1.72. The molecular weight excluding hydrogens is 142 g/mol. The van der Waals surface area contributed by atoms with Crippen molar-refractivity contribution < 1.29 is 18.6 Å². The Bertz CT molecular complexity index is 116. The molecule has 1 aliphatic heterocycles. The Hall–Kier alpha value is -0.220. The van der Waals surface area contributed by atoms with Crippen molar-refractivity contribution in [1.29, 1.82) is 0 Å². The predicted octanol–water partition coefficient (Wildman–Crippen LogP) is 0.650. The van der Waals surface area contributed by atoms with Gasteiger partial charge in [0.15, 0.2) is 0 Å². The molecule has 0 aliphatic carbocycles. The molecule has 1 heterocycles. The smallest absolute Gasteiger partial charge is 0.275 e. The second kappa shape index (κ2) is 2.80.